The largest absolute Gasteiger partial charge is 0.355 e. The molecule has 0 radical (unpaired) electrons. The van der Waals surface area contributed by atoms with Gasteiger partial charge in [-0.1, -0.05) is 25.1 Å². The SMILES string of the molecule is CCN1CCCC1CNC(=NCc1ccc([N+](=O)[O-])cc1)NCc1ccccn1. The predicted molar refractivity (Wildman–Crippen MR) is 114 cm³/mol. The molecule has 0 bridgehead atoms. The maximum atomic E-state index is 10.8. The number of likely N-dealkylation sites (tertiary alicyclic amines) is 1. The van der Waals surface area contributed by atoms with Crippen molar-refractivity contribution in [1.29, 1.82) is 0 Å². The molecule has 0 spiro atoms. The number of benzene rings is 1. The molecule has 1 aliphatic heterocycles. The smallest absolute Gasteiger partial charge is 0.269 e. The number of nitrogens with zero attached hydrogens (tertiary/aromatic N) is 4. The van der Waals surface area contributed by atoms with E-state index in [2.05, 4.69) is 32.4 Å². The van der Waals surface area contributed by atoms with E-state index in [9.17, 15) is 10.1 Å². The number of nitro groups is 1. The quantitative estimate of drug-likeness (QED) is 0.308. The summed E-state index contributed by atoms with van der Waals surface area (Å²) < 4.78 is 0. The van der Waals surface area contributed by atoms with Crippen LogP contribution >= 0.6 is 0 Å². The van der Waals surface area contributed by atoms with Crippen LogP contribution in [0.25, 0.3) is 0 Å². The Balaban J connectivity index is 1.63. The highest BCUT2D eigenvalue weighted by Gasteiger charge is 2.22. The molecule has 29 heavy (non-hydrogen) atoms. The zero-order chi connectivity index (χ0) is 20.5. The molecule has 8 nitrogen and oxygen atoms in total. The Kier molecular flexibility index (Phi) is 7.52. The van der Waals surface area contributed by atoms with Gasteiger partial charge < -0.3 is 10.6 Å². The molecular weight excluding hydrogens is 368 g/mol. The van der Waals surface area contributed by atoms with Gasteiger partial charge >= 0.3 is 0 Å². The summed E-state index contributed by atoms with van der Waals surface area (Å²) in [6.07, 6.45) is 4.20. The predicted octanol–water partition coefficient (Wildman–Crippen LogP) is 2.71. The summed E-state index contributed by atoms with van der Waals surface area (Å²) in [7, 11) is 0. The molecule has 0 aliphatic carbocycles. The fourth-order valence-corrected chi connectivity index (χ4v) is 3.50. The van der Waals surface area contributed by atoms with Gasteiger partial charge in [-0.25, -0.2) is 4.99 Å². The normalized spacial score (nSPS) is 17.3. The van der Waals surface area contributed by atoms with Crippen LogP contribution < -0.4 is 10.6 Å². The first-order valence-corrected chi connectivity index (χ1v) is 10.0. The number of guanidine groups is 1. The lowest BCUT2D eigenvalue weighted by Gasteiger charge is -2.24. The van der Waals surface area contributed by atoms with Gasteiger partial charge in [-0.3, -0.25) is 20.0 Å². The topological polar surface area (TPSA) is 95.7 Å². The van der Waals surface area contributed by atoms with Crippen LogP contribution in [-0.4, -0.2) is 46.4 Å². The lowest BCUT2D eigenvalue weighted by molar-refractivity contribution is -0.384. The van der Waals surface area contributed by atoms with E-state index in [0.29, 0.717) is 19.1 Å². The molecule has 2 N–H and O–H groups in total. The molecule has 1 aromatic carbocycles. The minimum atomic E-state index is -0.393. The van der Waals surface area contributed by atoms with Crippen LogP contribution in [0.3, 0.4) is 0 Å². The average molecular weight is 396 g/mol. The highest BCUT2D eigenvalue weighted by molar-refractivity contribution is 5.79. The highest BCUT2D eigenvalue weighted by atomic mass is 16.6. The minimum Gasteiger partial charge on any atom is -0.355 e. The zero-order valence-electron chi connectivity index (χ0n) is 16.8. The van der Waals surface area contributed by atoms with E-state index in [1.54, 1.807) is 18.3 Å². The molecule has 2 heterocycles. The molecule has 0 amide bonds. The molecule has 2 aromatic rings. The van der Waals surface area contributed by atoms with Gasteiger partial charge in [-0.05, 0) is 43.6 Å². The maximum absolute atomic E-state index is 10.8. The van der Waals surface area contributed by atoms with Gasteiger partial charge in [0.05, 0.1) is 23.7 Å². The van der Waals surface area contributed by atoms with Crippen molar-refractivity contribution in [3.05, 3.63) is 70.0 Å². The standard InChI is InChI=1S/C21H28N6O2/c1-2-26-13-5-7-20(26)16-25-21(24-15-18-6-3-4-12-22-18)23-14-17-8-10-19(11-9-17)27(28)29/h3-4,6,8-12,20H,2,5,7,13-16H2,1H3,(H2,23,24,25). The maximum Gasteiger partial charge on any atom is 0.269 e. The molecule has 3 rings (SSSR count). The number of hydrogen-bond acceptors (Lipinski definition) is 5. The fourth-order valence-electron chi connectivity index (χ4n) is 3.50. The van der Waals surface area contributed by atoms with Crippen LogP contribution in [-0.2, 0) is 13.1 Å². The number of rotatable bonds is 8. The zero-order valence-corrected chi connectivity index (χ0v) is 16.8. The molecule has 0 saturated carbocycles. The monoisotopic (exact) mass is 396 g/mol. The lowest BCUT2D eigenvalue weighted by atomic mass is 10.2. The van der Waals surface area contributed by atoms with E-state index in [4.69, 9.17) is 0 Å². The summed E-state index contributed by atoms with van der Waals surface area (Å²) in [5, 5.41) is 17.6. The number of pyridine rings is 1. The summed E-state index contributed by atoms with van der Waals surface area (Å²) in [5.74, 6) is 0.719. The third kappa shape index (κ3) is 6.25. The van der Waals surface area contributed by atoms with Crippen molar-refractivity contribution in [3.8, 4) is 0 Å². The van der Waals surface area contributed by atoms with Gasteiger partial charge in [0.2, 0.25) is 0 Å². The van der Waals surface area contributed by atoms with Crippen LogP contribution in [0.2, 0.25) is 0 Å². The molecular formula is C21H28N6O2. The van der Waals surface area contributed by atoms with Gasteiger partial charge in [-0.15, -0.1) is 0 Å². The average Bonchev–Trinajstić information content (AvgIpc) is 3.22. The van der Waals surface area contributed by atoms with Crippen molar-refractivity contribution in [1.82, 2.24) is 20.5 Å². The molecule has 8 heteroatoms. The second-order valence-electron chi connectivity index (χ2n) is 7.07. The van der Waals surface area contributed by atoms with Crippen molar-refractivity contribution in [3.63, 3.8) is 0 Å². The molecule has 1 fully saturated rings. The summed E-state index contributed by atoms with van der Waals surface area (Å²) in [6.45, 7) is 6.26. The Hall–Kier alpha value is -3.00. The summed E-state index contributed by atoms with van der Waals surface area (Å²) in [6, 6.07) is 12.8. The van der Waals surface area contributed by atoms with E-state index in [1.165, 1.54) is 25.0 Å². The summed E-state index contributed by atoms with van der Waals surface area (Å²) in [4.78, 5) is 21.9. The third-order valence-corrected chi connectivity index (χ3v) is 5.14. The summed E-state index contributed by atoms with van der Waals surface area (Å²) in [5.41, 5.74) is 1.95. The molecule has 1 atom stereocenters. The lowest BCUT2D eigenvalue weighted by Crippen LogP contribution is -2.44. The number of likely N-dealkylation sites (N-methyl/N-ethyl adjacent to an activating group) is 1. The van der Waals surface area contributed by atoms with E-state index < -0.39 is 4.92 Å². The van der Waals surface area contributed by atoms with Gasteiger partial charge in [0.25, 0.3) is 5.69 Å². The Labute approximate surface area is 171 Å². The first-order chi connectivity index (χ1) is 14.2. The van der Waals surface area contributed by atoms with Gasteiger partial charge in [-0.2, -0.15) is 0 Å². The van der Waals surface area contributed by atoms with Gasteiger partial charge in [0.1, 0.15) is 0 Å². The number of non-ortho nitro benzene ring substituents is 1. The molecule has 154 valence electrons. The van der Waals surface area contributed by atoms with Crippen molar-refractivity contribution in [2.45, 2.75) is 38.9 Å². The van der Waals surface area contributed by atoms with Crippen LogP contribution in [0.1, 0.15) is 31.0 Å². The summed E-state index contributed by atoms with van der Waals surface area (Å²) >= 11 is 0. The van der Waals surface area contributed by atoms with Crippen LogP contribution in [0.5, 0.6) is 0 Å². The Morgan fingerprint density at radius 2 is 2.10 bits per heavy atom. The third-order valence-electron chi connectivity index (χ3n) is 5.14. The van der Waals surface area contributed by atoms with E-state index in [-0.39, 0.29) is 5.69 Å². The molecule has 1 aliphatic rings. The van der Waals surface area contributed by atoms with Crippen LogP contribution in [0, 0.1) is 10.1 Å². The van der Waals surface area contributed by atoms with E-state index in [1.807, 2.05) is 18.2 Å². The number of nitro benzene ring substituents is 1. The van der Waals surface area contributed by atoms with Crippen LogP contribution in [0.15, 0.2) is 53.7 Å². The van der Waals surface area contributed by atoms with Crippen molar-refractivity contribution in [2.24, 2.45) is 4.99 Å². The number of aromatic nitrogens is 1. The van der Waals surface area contributed by atoms with Gasteiger partial charge in [0, 0.05) is 30.9 Å². The molecule has 1 saturated heterocycles. The second kappa shape index (κ2) is 10.5. The Morgan fingerprint density at radius 3 is 2.79 bits per heavy atom. The van der Waals surface area contributed by atoms with Crippen molar-refractivity contribution in [2.75, 3.05) is 19.6 Å². The first-order valence-electron chi connectivity index (χ1n) is 10.0. The van der Waals surface area contributed by atoms with E-state index in [0.717, 1.165) is 36.9 Å². The number of nitrogens with one attached hydrogen (secondary N) is 2. The highest BCUT2D eigenvalue weighted by Crippen LogP contribution is 2.15. The number of hydrogen-bond donors (Lipinski definition) is 2. The van der Waals surface area contributed by atoms with E-state index >= 15 is 0 Å². The second-order valence-corrected chi connectivity index (χ2v) is 7.07. The van der Waals surface area contributed by atoms with Crippen molar-refractivity contribution < 1.29 is 4.92 Å². The first kappa shape index (κ1) is 20.7. The fraction of sp³-hybridized carbons (Fsp3) is 0.429. The van der Waals surface area contributed by atoms with Crippen LogP contribution in [0.4, 0.5) is 5.69 Å². The number of aliphatic imine (C=N–C) groups is 1. The van der Waals surface area contributed by atoms with Gasteiger partial charge in [0.15, 0.2) is 5.96 Å². The molecule has 1 aromatic heterocycles. The van der Waals surface area contributed by atoms with Crippen molar-refractivity contribution >= 4 is 11.6 Å². The Bertz CT molecular complexity index is 810. The minimum absolute atomic E-state index is 0.0882. The Morgan fingerprint density at radius 1 is 1.28 bits per heavy atom. The molecule has 1 unspecified atom stereocenters.